The fourth-order valence-corrected chi connectivity index (χ4v) is 3.31. The predicted molar refractivity (Wildman–Crippen MR) is 119 cm³/mol. The Kier molecular flexibility index (Phi) is 5.75. The van der Waals surface area contributed by atoms with Crippen molar-refractivity contribution in [3.05, 3.63) is 65.9 Å². The number of pyridine rings is 1. The third-order valence-electron chi connectivity index (χ3n) is 5.16. The van der Waals surface area contributed by atoms with Gasteiger partial charge in [-0.15, -0.1) is 0 Å². The van der Waals surface area contributed by atoms with Crippen LogP contribution in [0.4, 0.5) is 0 Å². The van der Waals surface area contributed by atoms with Gasteiger partial charge in [-0.2, -0.15) is 0 Å². The second kappa shape index (κ2) is 8.65. The molecule has 162 valence electrons. The average molecular weight is 429 g/mol. The van der Waals surface area contributed by atoms with Crippen molar-refractivity contribution in [3.63, 3.8) is 0 Å². The minimum Gasteiger partial charge on any atom is -0.465 e. The molecular weight excluding hydrogens is 406 g/mol. The highest BCUT2D eigenvalue weighted by Gasteiger charge is 2.30. The highest BCUT2D eigenvalue weighted by atomic mass is 16.5. The molecule has 32 heavy (non-hydrogen) atoms. The van der Waals surface area contributed by atoms with E-state index < -0.39 is 5.60 Å². The number of fused-ring (bicyclic) bond motifs is 2. The lowest BCUT2D eigenvalue weighted by Crippen LogP contribution is -2.22. The maximum atomic E-state index is 7.51. The normalized spacial score (nSPS) is 14.3. The standard InChI is InChI=1S/C24H23N5O3/c1-24(2,30-3)7-6-15-8-19-20(13-31-23(25)26)18-9-16(17-11-27-14-28-12-17)4-5-21(18)32-22(19)29-10-15/h4-5,8-12,14,20H,13H2,1-3H3,(H3,25,26). The Balaban J connectivity index is 1.77. The number of nitrogens with zero attached hydrogens (tertiary/aromatic N) is 3. The van der Waals surface area contributed by atoms with Gasteiger partial charge in [0.2, 0.25) is 5.88 Å². The van der Waals surface area contributed by atoms with Gasteiger partial charge in [0.1, 0.15) is 24.3 Å². The smallest absolute Gasteiger partial charge is 0.279 e. The first-order valence-corrected chi connectivity index (χ1v) is 9.98. The van der Waals surface area contributed by atoms with Crippen molar-refractivity contribution in [1.29, 1.82) is 5.41 Å². The quantitative estimate of drug-likeness (QED) is 0.371. The molecule has 0 saturated heterocycles. The maximum absolute atomic E-state index is 7.51. The topological polar surface area (TPSA) is 116 Å². The minimum absolute atomic E-state index is 0.162. The molecule has 0 saturated carbocycles. The van der Waals surface area contributed by atoms with Crippen LogP contribution in [0.5, 0.6) is 11.6 Å². The zero-order chi connectivity index (χ0) is 22.7. The van der Waals surface area contributed by atoms with Crippen molar-refractivity contribution in [3.8, 4) is 34.6 Å². The van der Waals surface area contributed by atoms with Gasteiger partial charge >= 0.3 is 0 Å². The van der Waals surface area contributed by atoms with Crippen molar-refractivity contribution < 1.29 is 14.2 Å². The van der Waals surface area contributed by atoms with Gasteiger partial charge in [-0.05, 0) is 37.6 Å². The average Bonchev–Trinajstić information content (AvgIpc) is 2.80. The molecule has 1 aliphatic rings. The Labute approximate surface area is 186 Å². The van der Waals surface area contributed by atoms with E-state index in [1.165, 1.54) is 6.33 Å². The molecule has 3 N–H and O–H groups in total. The van der Waals surface area contributed by atoms with Gasteiger partial charge in [-0.25, -0.2) is 15.0 Å². The fraction of sp³-hybridized carbons (Fsp3) is 0.250. The number of amidine groups is 1. The zero-order valence-electron chi connectivity index (χ0n) is 18.0. The lowest BCUT2D eigenvalue weighted by atomic mass is 9.87. The number of rotatable bonds is 4. The van der Waals surface area contributed by atoms with Crippen LogP contribution in [0.25, 0.3) is 11.1 Å². The molecule has 0 aliphatic carbocycles. The molecule has 3 heterocycles. The van der Waals surface area contributed by atoms with Crippen LogP contribution in [-0.4, -0.2) is 40.3 Å². The van der Waals surface area contributed by atoms with Crippen LogP contribution >= 0.6 is 0 Å². The predicted octanol–water partition coefficient (Wildman–Crippen LogP) is 3.46. The lowest BCUT2D eigenvalue weighted by Gasteiger charge is -2.28. The summed E-state index contributed by atoms with van der Waals surface area (Å²) in [6.45, 7) is 3.95. The van der Waals surface area contributed by atoms with Gasteiger partial charge in [0.05, 0.1) is 5.92 Å². The lowest BCUT2D eigenvalue weighted by molar-refractivity contribution is 0.0741. The van der Waals surface area contributed by atoms with Gasteiger partial charge in [0.25, 0.3) is 6.02 Å². The van der Waals surface area contributed by atoms with E-state index in [-0.39, 0.29) is 18.5 Å². The molecule has 0 amide bonds. The van der Waals surface area contributed by atoms with Gasteiger partial charge in [0, 0.05) is 48.0 Å². The Hall–Kier alpha value is -3.96. The minimum atomic E-state index is -0.581. The molecule has 2 aromatic heterocycles. The maximum Gasteiger partial charge on any atom is 0.279 e. The van der Waals surface area contributed by atoms with E-state index in [4.69, 9.17) is 25.4 Å². The summed E-state index contributed by atoms with van der Waals surface area (Å²) >= 11 is 0. The molecule has 1 atom stereocenters. The first-order chi connectivity index (χ1) is 15.4. The van der Waals surface area contributed by atoms with E-state index in [9.17, 15) is 0 Å². The second-order valence-corrected chi connectivity index (χ2v) is 7.79. The third kappa shape index (κ3) is 4.53. The molecule has 3 aromatic rings. The molecule has 8 heteroatoms. The van der Waals surface area contributed by atoms with E-state index in [0.29, 0.717) is 11.6 Å². The van der Waals surface area contributed by atoms with Crippen molar-refractivity contribution >= 4 is 6.02 Å². The summed E-state index contributed by atoms with van der Waals surface area (Å²) < 4.78 is 16.9. The van der Waals surface area contributed by atoms with E-state index in [2.05, 4.69) is 26.8 Å². The summed E-state index contributed by atoms with van der Waals surface area (Å²) in [5, 5.41) is 7.51. The third-order valence-corrected chi connectivity index (χ3v) is 5.16. The molecule has 0 bridgehead atoms. The second-order valence-electron chi connectivity index (χ2n) is 7.79. The summed E-state index contributed by atoms with van der Waals surface area (Å²) in [6, 6.07) is 7.42. The highest BCUT2D eigenvalue weighted by Crippen LogP contribution is 2.44. The molecule has 0 spiro atoms. The number of benzene rings is 1. The van der Waals surface area contributed by atoms with Crippen LogP contribution < -0.4 is 10.5 Å². The number of ether oxygens (including phenoxy) is 3. The number of hydrogen-bond acceptors (Lipinski definition) is 7. The van der Waals surface area contributed by atoms with Gasteiger partial charge < -0.3 is 19.9 Å². The summed E-state index contributed by atoms with van der Waals surface area (Å²) in [5.41, 5.74) is 9.14. The molecule has 1 unspecified atom stereocenters. The monoisotopic (exact) mass is 429 g/mol. The molecule has 0 radical (unpaired) electrons. The highest BCUT2D eigenvalue weighted by molar-refractivity contribution is 5.69. The fourth-order valence-electron chi connectivity index (χ4n) is 3.31. The summed E-state index contributed by atoms with van der Waals surface area (Å²) in [6.07, 6.45) is 6.66. The van der Waals surface area contributed by atoms with Crippen LogP contribution in [0.15, 0.2) is 49.2 Å². The molecule has 1 aromatic carbocycles. The zero-order valence-corrected chi connectivity index (χ0v) is 18.0. The van der Waals surface area contributed by atoms with Crippen LogP contribution in [0, 0.1) is 17.3 Å². The first-order valence-electron chi connectivity index (χ1n) is 9.98. The summed E-state index contributed by atoms with van der Waals surface area (Å²) in [7, 11) is 1.62. The Morgan fingerprint density at radius 2 is 1.94 bits per heavy atom. The number of methoxy groups -OCH3 is 1. The molecule has 1 aliphatic heterocycles. The van der Waals surface area contributed by atoms with Gasteiger partial charge in [0.15, 0.2) is 0 Å². The van der Waals surface area contributed by atoms with Gasteiger partial charge in [-0.1, -0.05) is 17.9 Å². The van der Waals surface area contributed by atoms with E-state index in [1.54, 1.807) is 25.7 Å². The Morgan fingerprint density at radius 1 is 1.16 bits per heavy atom. The van der Waals surface area contributed by atoms with Crippen molar-refractivity contribution in [2.75, 3.05) is 13.7 Å². The summed E-state index contributed by atoms with van der Waals surface area (Å²) in [4.78, 5) is 12.7. The molecular formula is C24H23N5O3. The van der Waals surface area contributed by atoms with Crippen molar-refractivity contribution in [2.24, 2.45) is 5.73 Å². The first kappa shape index (κ1) is 21.3. The van der Waals surface area contributed by atoms with Crippen LogP contribution in [0.1, 0.15) is 36.5 Å². The van der Waals surface area contributed by atoms with Crippen molar-refractivity contribution in [1.82, 2.24) is 15.0 Å². The van der Waals surface area contributed by atoms with Crippen LogP contribution in [-0.2, 0) is 9.47 Å². The molecule has 8 nitrogen and oxygen atoms in total. The number of nitrogens with two attached hydrogens (primary N) is 1. The van der Waals surface area contributed by atoms with Gasteiger partial charge in [-0.3, -0.25) is 5.41 Å². The van der Waals surface area contributed by atoms with E-state index >= 15 is 0 Å². The SMILES string of the molecule is COC(C)(C)C#Cc1cnc2c(c1)C(COC(=N)N)c1cc(-c3cncnc3)ccc1O2. The molecule has 4 rings (SSSR count). The van der Waals surface area contributed by atoms with Crippen LogP contribution in [0.3, 0.4) is 0 Å². The summed E-state index contributed by atoms with van der Waals surface area (Å²) in [5.74, 6) is 7.09. The molecule has 0 fully saturated rings. The van der Waals surface area contributed by atoms with E-state index in [1.807, 2.05) is 38.1 Å². The largest absolute Gasteiger partial charge is 0.465 e. The number of aromatic nitrogens is 3. The number of nitrogens with one attached hydrogen (secondary N) is 1. The number of hydrogen-bond donors (Lipinski definition) is 2. The van der Waals surface area contributed by atoms with Crippen molar-refractivity contribution in [2.45, 2.75) is 25.4 Å². The van der Waals surface area contributed by atoms with E-state index in [0.717, 1.165) is 27.8 Å². The Morgan fingerprint density at radius 3 is 2.66 bits per heavy atom. The van der Waals surface area contributed by atoms with Crippen LogP contribution in [0.2, 0.25) is 0 Å². The Bertz CT molecular complexity index is 1220.